The van der Waals surface area contributed by atoms with Crippen LogP contribution >= 0.6 is 0 Å². The van der Waals surface area contributed by atoms with Gasteiger partial charge in [0.1, 0.15) is 11.5 Å². The molecule has 1 heterocycles. The van der Waals surface area contributed by atoms with E-state index in [4.69, 9.17) is 9.15 Å². The van der Waals surface area contributed by atoms with E-state index in [1.54, 1.807) is 12.3 Å². The summed E-state index contributed by atoms with van der Waals surface area (Å²) in [5.74, 6) is 1.59. The van der Waals surface area contributed by atoms with Crippen molar-refractivity contribution < 1.29 is 13.9 Å². The Hall–Kier alpha value is -2.43. The molecule has 2 N–H and O–H groups in total. The number of ether oxygens (including phenoxy) is 1. The van der Waals surface area contributed by atoms with E-state index in [2.05, 4.69) is 10.6 Å². The highest BCUT2D eigenvalue weighted by atomic mass is 16.5. The first-order chi connectivity index (χ1) is 10.2. The fourth-order valence-electron chi connectivity index (χ4n) is 1.81. The van der Waals surface area contributed by atoms with Gasteiger partial charge in [0, 0.05) is 6.54 Å². The first kappa shape index (κ1) is 15.0. The topological polar surface area (TPSA) is 63.5 Å². The van der Waals surface area contributed by atoms with Gasteiger partial charge in [0.2, 0.25) is 0 Å². The number of rotatable bonds is 7. The highest BCUT2D eigenvalue weighted by molar-refractivity contribution is 5.73. The number of amides is 2. The first-order valence-corrected chi connectivity index (χ1v) is 6.97. The predicted molar refractivity (Wildman–Crippen MR) is 80.2 cm³/mol. The lowest BCUT2D eigenvalue weighted by molar-refractivity contribution is 0.237. The number of aryl methyl sites for hydroxylation is 1. The quantitative estimate of drug-likeness (QED) is 0.770. The molecule has 5 nitrogen and oxygen atoms in total. The van der Waals surface area contributed by atoms with Crippen molar-refractivity contribution in [3.63, 3.8) is 0 Å². The standard InChI is InChI=1S/C16H20N2O3/c1-13-5-2-6-14(11-13)20-10-4-8-17-16(19)18-12-15-7-3-9-21-15/h2-3,5-7,9,11H,4,8,10,12H2,1H3,(H2,17,18,19). The fraction of sp³-hybridized carbons (Fsp3) is 0.312. The number of nitrogens with one attached hydrogen (secondary N) is 2. The fourth-order valence-corrected chi connectivity index (χ4v) is 1.81. The molecule has 0 fully saturated rings. The van der Waals surface area contributed by atoms with Crippen LogP contribution in [0.3, 0.4) is 0 Å². The van der Waals surface area contributed by atoms with Crippen LogP contribution in [-0.2, 0) is 6.54 Å². The number of urea groups is 1. The van der Waals surface area contributed by atoms with E-state index >= 15 is 0 Å². The molecule has 0 aliphatic rings. The molecule has 21 heavy (non-hydrogen) atoms. The summed E-state index contributed by atoms with van der Waals surface area (Å²) < 4.78 is 10.7. The Bertz CT molecular complexity index is 552. The van der Waals surface area contributed by atoms with Crippen LogP contribution in [0, 0.1) is 6.92 Å². The van der Waals surface area contributed by atoms with Crippen LogP contribution in [0.15, 0.2) is 47.1 Å². The Labute approximate surface area is 124 Å². The van der Waals surface area contributed by atoms with E-state index in [9.17, 15) is 4.79 Å². The summed E-state index contributed by atoms with van der Waals surface area (Å²) in [5, 5.41) is 5.49. The van der Waals surface area contributed by atoms with Gasteiger partial charge in [-0.05, 0) is 43.2 Å². The SMILES string of the molecule is Cc1cccc(OCCCNC(=O)NCc2ccco2)c1. The lowest BCUT2D eigenvalue weighted by Crippen LogP contribution is -2.35. The van der Waals surface area contributed by atoms with Crippen LogP contribution in [0.5, 0.6) is 5.75 Å². The van der Waals surface area contributed by atoms with E-state index in [1.165, 1.54) is 5.56 Å². The molecule has 0 unspecified atom stereocenters. The van der Waals surface area contributed by atoms with Crippen molar-refractivity contribution in [2.75, 3.05) is 13.2 Å². The molecule has 0 spiro atoms. The average Bonchev–Trinajstić information content (AvgIpc) is 2.98. The average molecular weight is 288 g/mol. The maximum Gasteiger partial charge on any atom is 0.315 e. The largest absolute Gasteiger partial charge is 0.494 e. The summed E-state index contributed by atoms with van der Waals surface area (Å²) in [4.78, 5) is 11.5. The van der Waals surface area contributed by atoms with Crippen molar-refractivity contribution in [2.24, 2.45) is 0 Å². The van der Waals surface area contributed by atoms with Gasteiger partial charge in [-0.3, -0.25) is 0 Å². The van der Waals surface area contributed by atoms with E-state index in [0.29, 0.717) is 19.7 Å². The Morgan fingerprint density at radius 3 is 2.90 bits per heavy atom. The van der Waals surface area contributed by atoms with Gasteiger partial charge in [0.05, 0.1) is 19.4 Å². The summed E-state index contributed by atoms with van der Waals surface area (Å²) >= 11 is 0. The molecule has 112 valence electrons. The third-order valence-corrected chi connectivity index (χ3v) is 2.87. The molecular weight excluding hydrogens is 268 g/mol. The highest BCUT2D eigenvalue weighted by Crippen LogP contribution is 2.12. The van der Waals surface area contributed by atoms with E-state index in [-0.39, 0.29) is 6.03 Å². The first-order valence-electron chi connectivity index (χ1n) is 6.97. The molecule has 0 aliphatic carbocycles. The zero-order valence-corrected chi connectivity index (χ0v) is 12.1. The number of carbonyl (C=O) groups excluding carboxylic acids is 1. The summed E-state index contributed by atoms with van der Waals surface area (Å²) in [5.41, 5.74) is 1.17. The second kappa shape index (κ2) is 7.99. The van der Waals surface area contributed by atoms with Crippen LogP contribution < -0.4 is 15.4 Å². The van der Waals surface area contributed by atoms with Gasteiger partial charge in [0.15, 0.2) is 0 Å². The van der Waals surface area contributed by atoms with E-state index < -0.39 is 0 Å². The number of hydrogen-bond acceptors (Lipinski definition) is 3. The Morgan fingerprint density at radius 1 is 1.24 bits per heavy atom. The number of hydrogen-bond donors (Lipinski definition) is 2. The number of benzene rings is 1. The summed E-state index contributed by atoms with van der Waals surface area (Å²) in [6.45, 7) is 3.55. The maximum atomic E-state index is 11.5. The summed E-state index contributed by atoms with van der Waals surface area (Å²) in [6.07, 6.45) is 2.33. The molecule has 2 rings (SSSR count). The van der Waals surface area contributed by atoms with Crippen molar-refractivity contribution in [1.29, 1.82) is 0 Å². The van der Waals surface area contributed by atoms with Gasteiger partial charge in [-0.2, -0.15) is 0 Å². The molecule has 0 radical (unpaired) electrons. The van der Waals surface area contributed by atoms with Gasteiger partial charge < -0.3 is 19.8 Å². The molecule has 0 aliphatic heterocycles. The molecule has 2 aromatic rings. The number of carbonyl (C=O) groups is 1. The van der Waals surface area contributed by atoms with Crippen LogP contribution in [0.1, 0.15) is 17.7 Å². The molecule has 1 aromatic carbocycles. The zero-order valence-electron chi connectivity index (χ0n) is 12.1. The Balaban J connectivity index is 1.54. The van der Waals surface area contributed by atoms with E-state index in [0.717, 1.165) is 17.9 Å². The van der Waals surface area contributed by atoms with Crippen molar-refractivity contribution in [3.05, 3.63) is 54.0 Å². The van der Waals surface area contributed by atoms with Gasteiger partial charge in [-0.25, -0.2) is 4.79 Å². The monoisotopic (exact) mass is 288 g/mol. The molecule has 2 amide bonds. The van der Waals surface area contributed by atoms with Crippen molar-refractivity contribution in [3.8, 4) is 5.75 Å². The maximum absolute atomic E-state index is 11.5. The van der Waals surface area contributed by atoms with Crippen LogP contribution in [0.25, 0.3) is 0 Å². The smallest absolute Gasteiger partial charge is 0.315 e. The van der Waals surface area contributed by atoms with Gasteiger partial charge in [-0.1, -0.05) is 12.1 Å². The van der Waals surface area contributed by atoms with Crippen molar-refractivity contribution in [1.82, 2.24) is 10.6 Å². The predicted octanol–water partition coefficient (Wildman–Crippen LogP) is 2.86. The second-order valence-corrected chi connectivity index (χ2v) is 4.71. The molecule has 0 saturated heterocycles. The minimum atomic E-state index is -0.207. The minimum Gasteiger partial charge on any atom is -0.494 e. The molecular formula is C16H20N2O3. The molecule has 0 saturated carbocycles. The van der Waals surface area contributed by atoms with Gasteiger partial charge >= 0.3 is 6.03 Å². The molecule has 5 heteroatoms. The minimum absolute atomic E-state index is 0.207. The Morgan fingerprint density at radius 2 is 2.14 bits per heavy atom. The summed E-state index contributed by atoms with van der Waals surface area (Å²) in [6, 6.07) is 11.3. The lowest BCUT2D eigenvalue weighted by atomic mass is 10.2. The molecule has 0 bridgehead atoms. The lowest BCUT2D eigenvalue weighted by Gasteiger charge is -2.08. The van der Waals surface area contributed by atoms with E-state index in [1.807, 2.05) is 37.3 Å². The Kier molecular flexibility index (Phi) is 5.70. The summed E-state index contributed by atoms with van der Waals surface area (Å²) in [7, 11) is 0. The number of furan rings is 1. The van der Waals surface area contributed by atoms with Crippen LogP contribution in [0.4, 0.5) is 4.79 Å². The molecule has 0 atom stereocenters. The second-order valence-electron chi connectivity index (χ2n) is 4.71. The molecule has 1 aromatic heterocycles. The highest BCUT2D eigenvalue weighted by Gasteiger charge is 2.01. The zero-order chi connectivity index (χ0) is 14.9. The van der Waals surface area contributed by atoms with Gasteiger partial charge in [0.25, 0.3) is 0 Å². The van der Waals surface area contributed by atoms with Gasteiger partial charge in [-0.15, -0.1) is 0 Å². The normalized spacial score (nSPS) is 10.1. The van der Waals surface area contributed by atoms with Crippen LogP contribution in [0.2, 0.25) is 0 Å². The third kappa shape index (κ3) is 5.60. The van der Waals surface area contributed by atoms with Crippen LogP contribution in [-0.4, -0.2) is 19.2 Å². The third-order valence-electron chi connectivity index (χ3n) is 2.87. The van der Waals surface area contributed by atoms with Crippen molar-refractivity contribution in [2.45, 2.75) is 19.9 Å². The van der Waals surface area contributed by atoms with Crippen molar-refractivity contribution >= 4 is 6.03 Å².